The Bertz CT molecular complexity index is 1050. The number of amidine groups is 1. The average Bonchev–Trinajstić information content (AvgIpc) is 3.11. The smallest absolute Gasteiger partial charge is 0.387 e. The van der Waals surface area contributed by atoms with Crippen LogP contribution in [-0.2, 0) is 16.0 Å². The molecule has 1 aliphatic heterocycles. The summed E-state index contributed by atoms with van der Waals surface area (Å²) in [5, 5.41) is 2.36. The molecule has 8 nitrogen and oxygen atoms in total. The van der Waals surface area contributed by atoms with Gasteiger partial charge in [-0.25, -0.2) is 4.99 Å². The molecule has 1 atom stereocenters. The highest BCUT2D eigenvalue weighted by Crippen LogP contribution is 2.33. The minimum atomic E-state index is -2.92. The molecule has 182 valence electrons. The quantitative estimate of drug-likeness (QED) is 0.544. The van der Waals surface area contributed by atoms with Gasteiger partial charge >= 0.3 is 6.61 Å². The fourth-order valence-corrected chi connectivity index (χ4v) is 4.47. The number of amides is 2. The van der Waals surface area contributed by atoms with E-state index >= 15 is 0 Å². The molecule has 34 heavy (non-hydrogen) atoms. The van der Waals surface area contributed by atoms with Gasteiger partial charge in [-0.05, 0) is 48.4 Å². The molecule has 1 fully saturated rings. The van der Waals surface area contributed by atoms with Gasteiger partial charge in [0.25, 0.3) is 0 Å². The number of nitrogens with zero attached hydrogens (tertiary/aromatic N) is 2. The van der Waals surface area contributed by atoms with Gasteiger partial charge in [0.2, 0.25) is 11.8 Å². The molecular formula is C23H25F2N3O5S. The summed E-state index contributed by atoms with van der Waals surface area (Å²) in [5.74, 6) is 0.730. The number of nitrogens with one attached hydrogen (secondary N) is 1. The SMILES string of the molecule is CNC(=O)C[C@H]1SC(=Nc2ccc(OC(F)F)cc2)N(CCc2ccc(OC)c(OC)c2)C1=O. The Morgan fingerprint density at radius 1 is 1.15 bits per heavy atom. The predicted molar refractivity (Wildman–Crippen MR) is 125 cm³/mol. The van der Waals surface area contributed by atoms with Crippen LogP contribution in [0.3, 0.4) is 0 Å². The van der Waals surface area contributed by atoms with E-state index in [2.05, 4.69) is 15.0 Å². The van der Waals surface area contributed by atoms with Crippen molar-refractivity contribution >= 4 is 34.4 Å². The first-order valence-corrected chi connectivity index (χ1v) is 11.3. The van der Waals surface area contributed by atoms with Crippen molar-refractivity contribution in [1.29, 1.82) is 0 Å². The molecule has 1 aliphatic rings. The van der Waals surface area contributed by atoms with Crippen LogP contribution in [0.2, 0.25) is 0 Å². The van der Waals surface area contributed by atoms with Crippen molar-refractivity contribution in [3.8, 4) is 17.2 Å². The third-order valence-corrected chi connectivity index (χ3v) is 6.20. The van der Waals surface area contributed by atoms with Gasteiger partial charge in [-0.1, -0.05) is 17.8 Å². The summed E-state index contributed by atoms with van der Waals surface area (Å²) in [7, 11) is 4.62. The van der Waals surface area contributed by atoms with Crippen LogP contribution in [0.25, 0.3) is 0 Å². The molecule has 1 saturated heterocycles. The van der Waals surface area contributed by atoms with E-state index in [9.17, 15) is 18.4 Å². The van der Waals surface area contributed by atoms with E-state index < -0.39 is 11.9 Å². The van der Waals surface area contributed by atoms with E-state index in [4.69, 9.17) is 9.47 Å². The summed E-state index contributed by atoms with van der Waals surface area (Å²) >= 11 is 1.20. The Balaban J connectivity index is 1.81. The van der Waals surface area contributed by atoms with Crippen molar-refractivity contribution in [2.24, 2.45) is 4.99 Å². The number of aliphatic imine (C=N–C) groups is 1. The lowest BCUT2D eigenvalue weighted by atomic mass is 10.1. The molecule has 0 bridgehead atoms. The molecule has 2 aromatic carbocycles. The monoisotopic (exact) mass is 493 g/mol. The van der Waals surface area contributed by atoms with Gasteiger partial charge in [-0.2, -0.15) is 8.78 Å². The largest absolute Gasteiger partial charge is 0.493 e. The molecular weight excluding hydrogens is 468 g/mol. The number of carbonyl (C=O) groups is 2. The highest BCUT2D eigenvalue weighted by Gasteiger charge is 2.38. The summed E-state index contributed by atoms with van der Waals surface area (Å²) in [6, 6.07) is 11.3. The maximum atomic E-state index is 13.1. The molecule has 0 unspecified atom stereocenters. The van der Waals surface area contributed by atoms with Crippen LogP contribution in [0.15, 0.2) is 47.5 Å². The van der Waals surface area contributed by atoms with Crippen molar-refractivity contribution in [3.63, 3.8) is 0 Å². The van der Waals surface area contributed by atoms with E-state index in [0.29, 0.717) is 35.3 Å². The number of thioether (sulfide) groups is 1. The third kappa shape index (κ3) is 6.37. The summed E-state index contributed by atoms with van der Waals surface area (Å²) in [4.78, 5) is 31.0. The number of methoxy groups -OCH3 is 2. The third-order valence-electron chi connectivity index (χ3n) is 5.03. The van der Waals surface area contributed by atoms with Crippen LogP contribution in [0, 0.1) is 0 Å². The van der Waals surface area contributed by atoms with Gasteiger partial charge in [0.1, 0.15) is 11.0 Å². The van der Waals surface area contributed by atoms with E-state index in [1.165, 1.54) is 43.1 Å². The summed E-state index contributed by atoms with van der Waals surface area (Å²) in [5.41, 5.74) is 1.40. The van der Waals surface area contributed by atoms with Crippen molar-refractivity contribution in [2.75, 3.05) is 27.8 Å². The van der Waals surface area contributed by atoms with Crippen LogP contribution in [0.4, 0.5) is 14.5 Å². The zero-order chi connectivity index (χ0) is 24.7. The lowest BCUT2D eigenvalue weighted by molar-refractivity contribution is -0.129. The highest BCUT2D eigenvalue weighted by atomic mass is 32.2. The second-order valence-corrected chi connectivity index (χ2v) is 8.35. The standard InChI is InChI=1S/C23H25F2N3O5S/c1-26-20(29)13-19-21(30)28(11-10-14-4-9-17(31-2)18(12-14)32-3)23(34-19)27-15-5-7-16(8-6-15)33-22(24)25/h4-9,12,19,22H,10-11,13H2,1-3H3,(H,26,29)/t19-/m1/s1. The number of benzene rings is 2. The summed E-state index contributed by atoms with van der Waals surface area (Å²) < 4.78 is 39.7. The molecule has 3 rings (SSSR count). The van der Waals surface area contributed by atoms with Gasteiger partial charge < -0.3 is 19.5 Å². The van der Waals surface area contributed by atoms with Crippen molar-refractivity contribution in [2.45, 2.75) is 24.7 Å². The summed E-state index contributed by atoms with van der Waals surface area (Å²) in [6.45, 7) is -2.59. The highest BCUT2D eigenvalue weighted by molar-refractivity contribution is 8.15. The Morgan fingerprint density at radius 2 is 1.85 bits per heavy atom. The zero-order valence-corrected chi connectivity index (χ0v) is 19.7. The predicted octanol–water partition coefficient (Wildman–Crippen LogP) is 3.62. The fourth-order valence-electron chi connectivity index (χ4n) is 3.29. The van der Waals surface area contributed by atoms with E-state index in [1.807, 2.05) is 12.1 Å². The minimum absolute atomic E-state index is 0.0110. The molecule has 1 N–H and O–H groups in total. The maximum Gasteiger partial charge on any atom is 0.387 e. The molecule has 2 aromatic rings. The van der Waals surface area contributed by atoms with Crippen molar-refractivity contribution < 1.29 is 32.6 Å². The lowest BCUT2D eigenvalue weighted by Gasteiger charge is -2.17. The molecule has 1 heterocycles. The van der Waals surface area contributed by atoms with Crippen LogP contribution in [0.1, 0.15) is 12.0 Å². The number of hydrogen-bond donors (Lipinski definition) is 1. The summed E-state index contributed by atoms with van der Waals surface area (Å²) in [6.07, 6.45) is 0.534. The van der Waals surface area contributed by atoms with E-state index in [1.54, 1.807) is 25.2 Å². The second kappa shape index (κ2) is 11.7. The number of hydrogen-bond acceptors (Lipinski definition) is 7. The first-order chi connectivity index (χ1) is 16.3. The first-order valence-electron chi connectivity index (χ1n) is 10.4. The first kappa shape index (κ1) is 25.3. The normalized spacial score (nSPS) is 16.8. The van der Waals surface area contributed by atoms with Crippen LogP contribution in [-0.4, -0.2) is 61.6 Å². The maximum absolute atomic E-state index is 13.1. The molecule has 0 saturated carbocycles. The molecule has 11 heteroatoms. The van der Waals surface area contributed by atoms with Gasteiger partial charge in [-0.3, -0.25) is 14.5 Å². The number of rotatable bonds is 10. The van der Waals surface area contributed by atoms with Gasteiger partial charge in [0.15, 0.2) is 16.7 Å². The van der Waals surface area contributed by atoms with Crippen molar-refractivity contribution in [3.05, 3.63) is 48.0 Å². The Labute approximate surface area is 200 Å². The van der Waals surface area contributed by atoms with Crippen LogP contribution < -0.4 is 19.5 Å². The van der Waals surface area contributed by atoms with E-state index in [-0.39, 0.29) is 24.0 Å². The second-order valence-electron chi connectivity index (χ2n) is 7.18. The van der Waals surface area contributed by atoms with Gasteiger partial charge in [0.05, 0.1) is 19.9 Å². The molecule has 0 aliphatic carbocycles. The molecule has 0 aromatic heterocycles. The van der Waals surface area contributed by atoms with Crippen LogP contribution in [0.5, 0.6) is 17.2 Å². The van der Waals surface area contributed by atoms with Crippen molar-refractivity contribution in [1.82, 2.24) is 10.2 Å². The number of ether oxygens (including phenoxy) is 3. The Hall–Kier alpha value is -3.34. The number of alkyl halides is 2. The number of carbonyl (C=O) groups excluding carboxylic acids is 2. The fraction of sp³-hybridized carbons (Fsp3) is 0.348. The number of halogens is 2. The zero-order valence-electron chi connectivity index (χ0n) is 18.9. The molecule has 0 spiro atoms. The molecule has 0 radical (unpaired) electrons. The van der Waals surface area contributed by atoms with E-state index in [0.717, 1.165) is 5.56 Å². The van der Waals surface area contributed by atoms with Gasteiger partial charge in [0, 0.05) is 20.0 Å². The Morgan fingerprint density at radius 3 is 2.47 bits per heavy atom. The minimum Gasteiger partial charge on any atom is -0.493 e. The topological polar surface area (TPSA) is 89.5 Å². The van der Waals surface area contributed by atoms with Crippen LogP contribution >= 0.6 is 11.8 Å². The van der Waals surface area contributed by atoms with Gasteiger partial charge in [-0.15, -0.1) is 0 Å². The average molecular weight is 494 g/mol. The molecule has 2 amide bonds. The lowest BCUT2D eigenvalue weighted by Crippen LogP contribution is -2.35. The Kier molecular flexibility index (Phi) is 8.69.